The van der Waals surface area contributed by atoms with Gasteiger partial charge in [-0.25, -0.2) is 0 Å². The standard InChI is InChI=1S/C21H24F3N3/c1-3-13-6-4-5-7-18(13)26-14-10-15-16-12-25-9-8-19(16)27(2)20(15)17(11-14)21(22,23)24/h4-7,10-11,16,19,25-26H,3,8-9,12H2,1-2H3/t16-,19-/m0/s1. The topological polar surface area (TPSA) is 27.3 Å². The van der Waals surface area contributed by atoms with Crippen LogP contribution < -0.4 is 15.5 Å². The third-order valence-electron chi connectivity index (χ3n) is 5.82. The summed E-state index contributed by atoms with van der Waals surface area (Å²) < 4.78 is 41.7. The second-order valence-corrected chi connectivity index (χ2v) is 7.37. The first kappa shape index (κ1) is 18.2. The Hall–Kier alpha value is -2.21. The van der Waals surface area contributed by atoms with Gasteiger partial charge >= 0.3 is 6.18 Å². The van der Waals surface area contributed by atoms with Crippen molar-refractivity contribution in [3.8, 4) is 0 Å². The molecule has 1 fully saturated rings. The minimum absolute atomic E-state index is 0.0861. The van der Waals surface area contributed by atoms with Gasteiger partial charge in [0.05, 0.1) is 11.3 Å². The van der Waals surface area contributed by atoms with Crippen molar-refractivity contribution in [2.45, 2.75) is 37.9 Å². The predicted molar refractivity (Wildman–Crippen MR) is 103 cm³/mol. The summed E-state index contributed by atoms with van der Waals surface area (Å²) in [6.07, 6.45) is -2.71. The number of benzene rings is 2. The number of nitrogens with zero attached hydrogens (tertiary/aromatic N) is 1. The van der Waals surface area contributed by atoms with Gasteiger partial charge in [-0.05, 0) is 48.7 Å². The molecule has 0 spiro atoms. The van der Waals surface area contributed by atoms with Crippen molar-refractivity contribution < 1.29 is 13.2 Å². The second-order valence-electron chi connectivity index (χ2n) is 7.37. The van der Waals surface area contributed by atoms with Gasteiger partial charge in [0.15, 0.2) is 0 Å². The molecule has 2 heterocycles. The van der Waals surface area contributed by atoms with Crippen LogP contribution in [0.5, 0.6) is 0 Å². The van der Waals surface area contributed by atoms with Crippen LogP contribution in [0.15, 0.2) is 36.4 Å². The summed E-state index contributed by atoms with van der Waals surface area (Å²) >= 11 is 0. The summed E-state index contributed by atoms with van der Waals surface area (Å²) in [6.45, 7) is 3.60. The molecule has 0 amide bonds. The first-order valence-electron chi connectivity index (χ1n) is 9.43. The van der Waals surface area contributed by atoms with Crippen molar-refractivity contribution >= 4 is 17.1 Å². The van der Waals surface area contributed by atoms with E-state index in [4.69, 9.17) is 0 Å². The minimum atomic E-state index is -4.39. The highest BCUT2D eigenvalue weighted by Gasteiger charge is 2.45. The van der Waals surface area contributed by atoms with E-state index in [1.54, 1.807) is 7.05 Å². The van der Waals surface area contributed by atoms with Crippen molar-refractivity contribution in [1.29, 1.82) is 0 Å². The van der Waals surface area contributed by atoms with Crippen molar-refractivity contribution in [2.24, 2.45) is 0 Å². The van der Waals surface area contributed by atoms with Crippen molar-refractivity contribution in [3.63, 3.8) is 0 Å². The fourth-order valence-electron chi connectivity index (χ4n) is 4.52. The highest BCUT2D eigenvalue weighted by Crippen LogP contribution is 2.50. The minimum Gasteiger partial charge on any atom is -0.370 e. The Morgan fingerprint density at radius 1 is 1.22 bits per heavy atom. The lowest BCUT2D eigenvalue weighted by atomic mass is 9.89. The maximum absolute atomic E-state index is 13.9. The number of piperidine rings is 1. The molecule has 0 aromatic heterocycles. The molecule has 144 valence electrons. The molecule has 0 unspecified atom stereocenters. The molecule has 0 saturated carbocycles. The highest BCUT2D eigenvalue weighted by molar-refractivity contribution is 5.75. The quantitative estimate of drug-likeness (QED) is 0.798. The number of para-hydroxylation sites is 1. The predicted octanol–water partition coefficient (Wildman–Crippen LogP) is 4.91. The first-order valence-corrected chi connectivity index (χ1v) is 9.43. The normalized spacial score (nSPS) is 21.7. The summed E-state index contributed by atoms with van der Waals surface area (Å²) in [5.74, 6) is 0.0861. The number of fused-ring (bicyclic) bond motifs is 3. The van der Waals surface area contributed by atoms with Gasteiger partial charge in [-0.15, -0.1) is 0 Å². The smallest absolute Gasteiger partial charge is 0.370 e. The van der Waals surface area contributed by atoms with E-state index in [2.05, 4.69) is 10.6 Å². The molecular weight excluding hydrogens is 351 g/mol. The van der Waals surface area contributed by atoms with Crippen LogP contribution in [0.2, 0.25) is 0 Å². The Morgan fingerprint density at radius 3 is 2.74 bits per heavy atom. The molecule has 0 aliphatic carbocycles. The van der Waals surface area contributed by atoms with Crippen molar-refractivity contribution in [2.75, 3.05) is 30.4 Å². The fourth-order valence-corrected chi connectivity index (χ4v) is 4.52. The number of anilines is 3. The lowest BCUT2D eigenvalue weighted by Crippen LogP contribution is -2.42. The molecule has 6 heteroatoms. The fraction of sp³-hybridized carbons (Fsp3) is 0.429. The SMILES string of the molecule is CCc1ccccc1Nc1cc2c(c(C(F)(F)F)c1)N(C)[C@H]1CCNC[C@@H]21. The molecule has 2 N–H and O–H groups in total. The summed E-state index contributed by atoms with van der Waals surface area (Å²) in [7, 11) is 1.80. The summed E-state index contributed by atoms with van der Waals surface area (Å²) in [5, 5.41) is 6.57. The van der Waals surface area contributed by atoms with Gasteiger partial charge in [0.2, 0.25) is 0 Å². The van der Waals surface area contributed by atoms with Crippen LogP contribution in [-0.2, 0) is 12.6 Å². The number of hydrogen-bond donors (Lipinski definition) is 2. The highest BCUT2D eigenvalue weighted by atomic mass is 19.4. The maximum atomic E-state index is 13.9. The Morgan fingerprint density at radius 2 is 2.00 bits per heavy atom. The number of halogens is 3. The van der Waals surface area contributed by atoms with Gasteiger partial charge in [-0.2, -0.15) is 13.2 Å². The third-order valence-corrected chi connectivity index (χ3v) is 5.82. The van der Waals surface area contributed by atoms with E-state index < -0.39 is 11.7 Å². The molecule has 0 bridgehead atoms. The zero-order valence-corrected chi connectivity index (χ0v) is 15.5. The van der Waals surface area contributed by atoms with Crippen LogP contribution in [0, 0.1) is 0 Å². The van der Waals surface area contributed by atoms with E-state index in [1.165, 1.54) is 6.07 Å². The molecule has 2 aliphatic rings. The van der Waals surface area contributed by atoms with Gasteiger partial charge in [-0.1, -0.05) is 25.1 Å². The molecule has 2 aromatic rings. The molecule has 4 rings (SSSR count). The van der Waals surface area contributed by atoms with Crippen molar-refractivity contribution in [3.05, 3.63) is 53.1 Å². The second kappa shape index (κ2) is 6.75. The number of rotatable bonds is 3. The van der Waals surface area contributed by atoms with Gasteiger partial charge in [-0.3, -0.25) is 0 Å². The molecule has 3 nitrogen and oxygen atoms in total. The van der Waals surface area contributed by atoms with E-state index >= 15 is 0 Å². The molecule has 2 aliphatic heterocycles. The average Bonchev–Trinajstić information content (AvgIpc) is 2.94. The van der Waals surface area contributed by atoms with Gasteiger partial charge in [0.1, 0.15) is 0 Å². The molecule has 2 atom stereocenters. The van der Waals surface area contributed by atoms with E-state index in [-0.39, 0.29) is 12.0 Å². The summed E-state index contributed by atoms with van der Waals surface area (Å²) in [5.41, 5.74) is 3.03. The summed E-state index contributed by atoms with van der Waals surface area (Å²) in [4.78, 5) is 1.84. The van der Waals surface area contributed by atoms with Gasteiger partial charge < -0.3 is 15.5 Å². The number of hydrogen-bond acceptors (Lipinski definition) is 3. The number of likely N-dealkylation sites (N-methyl/N-ethyl adjacent to an activating group) is 1. The third kappa shape index (κ3) is 3.16. The Kier molecular flexibility index (Phi) is 4.54. The largest absolute Gasteiger partial charge is 0.418 e. The number of alkyl halides is 3. The van der Waals surface area contributed by atoms with E-state index in [1.807, 2.05) is 42.2 Å². The van der Waals surface area contributed by atoms with Crippen LogP contribution in [0.25, 0.3) is 0 Å². The zero-order valence-electron chi connectivity index (χ0n) is 15.5. The molecule has 1 saturated heterocycles. The molecule has 27 heavy (non-hydrogen) atoms. The Labute approximate surface area is 157 Å². The van der Waals surface area contributed by atoms with E-state index in [0.717, 1.165) is 36.2 Å². The first-order chi connectivity index (χ1) is 12.9. The van der Waals surface area contributed by atoms with Crippen LogP contribution in [0.4, 0.5) is 30.2 Å². The van der Waals surface area contributed by atoms with Crippen LogP contribution in [0.1, 0.15) is 36.0 Å². The van der Waals surface area contributed by atoms with Crippen molar-refractivity contribution in [1.82, 2.24) is 5.32 Å². The summed E-state index contributed by atoms with van der Waals surface area (Å²) in [6, 6.07) is 11.0. The number of nitrogens with one attached hydrogen (secondary N) is 2. The van der Waals surface area contributed by atoms with Gasteiger partial charge in [0.25, 0.3) is 0 Å². The lowest BCUT2D eigenvalue weighted by molar-refractivity contribution is -0.137. The van der Waals surface area contributed by atoms with Crippen LogP contribution >= 0.6 is 0 Å². The molecule has 2 aromatic carbocycles. The van der Waals surface area contributed by atoms with Gasteiger partial charge in [0, 0.05) is 36.9 Å². The lowest BCUT2D eigenvalue weighted by Gasteiger charge is -2.31. The van der Waals surface area contributed by atoms with E-state index in [9.17, 15) is 13.2 Å². The molecular formula is C21H24F3N3. The zero-order chi connectivity index (χ0) is 19.2. The number of aryl methyl sites for hydroxylation is 1. The Bertz CT molecular complexity index is 847. The van der Waals surface area contributed by atoms with Crippen LogP contribution in [-0.4, -0.2) is 26.2 Å². The Balaban J connectivity index is 1.81. The van der Waals surface area contributed by atoms with E-state index in [0.29, 0.717) is 17.9 Å². The monoisotopic (exact) mass is 375 g/mol. The average molecular weight is 375 g/mol. The maximum Gasteiger partial charge on any atom is 0.418 e. The molecule has 0 radical (unpaired) electrons. The van der Waals surface area contributed by atoms with Crippen LogP contribution in [0.3, 0.4) is 0 Å².